The number of benzene rings is 3. The van der Waals surface area contributed by atoms with Gasteiger partial charge >= 0.3 is 0 Å². The van der Waals surface area contributed by atoms with Crippen molar-refractivity contribution >= 4 is 17.2 Å². The molecule has 3 nitrogen and oxygen atoms in total. The normalized spacial score (nSPS) is 10.4. The van der Waals surface area contributed by atoms with Crippen LogP contribution in [0.25, 0.3) is 5.69 Å². The molecule has 0 spiro atoms. The second-order valence-electron chi connectivity index (χ2n) is 6.41. The van der Waals surface area contributed by atoms with Gasteiger partial charge in [0, 0.05) is 37.0 Å². The van der Waals surface area contributed by atoms with E-state index in [9.17, 15) is 0 Å². The maximum Gasteiger partial charge on any atom is 0.142 e. The van der Waals surface area contributed by atoms with Crippen LogP contribution in [0, 0.1) is 13.0 Å². The number of nitrogens with zero attached hydrogens (tertiary/aromatic N) is 3. The van der Waals surface area contributed by atoms with Crippen molar-refractivity contribution < 1.29 is 20.1 Å². The molecule has 0 atom stereocenters. The molecule has 0 fully saturated rings. The van der Waals surface area contributed by atoms with Gasteiger partial charge in [0.25, 0.3) is 0 Å². The molecule has 0 N–H and O–H groups in total. The Morgan fingerprint density at radius 3 is 1.93 bits per heavy atom. The summed E-state index contributed by atoms with van der Waals surface area (Å²) in [4.78, 5) is 2.28. The Hall–Kier alpha value is -2.68. The summed E-state index contributed by atoms with van der Waals surface area (Å²) in [5, 5.41) is 4.87. The van der Waals surface area contributed by atoms with Crippen molar-refractivity contribution in [3.63, 3.8) is 0 Å². The fraction of sp³-hybridized carbons (Fsp3) is 0.125. The Kier molecular flexibility index (Phi) is 6.45. The van der Waals surface area contributed by atoms with E-state index in [1.54, 1.807) is 0 Å². The summed E-state index contributed by atoms with van der Waals surface area (Å²) in [6.07, 6.45) is 0.907. The number of anilines is 3. The minimum absolute atomic E-state index is 0. The number of para-hydroxylation sites is 3. The van der Waals surface area contributed by atoms with Crippen molar-refractivity contribution in [1.29, 1.82) is 0 Å². The second kappa shape index (κ2) is 9.01. The third-order valence-corrected chi connectivity index (χ3v) is 4.67. The molecule has 3 aromatic carbocycles. The predicted octanol–water partition coefficient (Wildman–Crippen LogP) is 6.01. The fourth-order valence-corrected chi connectivity index (χ4v) is 3.42. The van der Waals surface area contributed by atoms with Gasteiger partial charge in [0.2, 0.25) is 0 Å². The summed E-state index contributed by atoms with van der Waals surface area (Å²) in [6.45, 7) is 4.26. The molecule has 143 valence electrons. The standard InChI is InChI=1S/C24H22N3.Ir/c1-3-23-19(2)25-27(22-17-11-6-12-18-22)24(23)26(20-13-7-4-8-14-20)21-15-9-5-10-16-21;/h4-17H,3H2,1-2H3;/q-1;. The first-order valence-corrected chi connectivity index (χ1v) is 9.25. The maximum absolute atomic E-state index is 4.87. The molecule has 0 bridgehead atoms. The van der Waals surface area contributed by atoms with E-state index in [1.165, 1.54) is 5.56 Å². The average molecular weight is 545 g/mol. The molecule has 0 amide bonds. The number of hydrogen-bond acceptors (Lipinski definition) is 2. The first-order chi connectivity index (χ1) is 13.3. The zero-order chi connectivity index (χ0) is 18.6. The van der Waals surface area contributed by atoms with Gasteiger partial charge in [-0.25, -0.2) is 4.68 Å². The molecule has 4 rings (SSSR count). The minimum atomic E-state index is 0. The number of aromatic nitrogens is 2. The summed E-state index contributed by atoms with van der Waals surface area (Å²) < 4.78 is 2.01. The van der Waals surface area contributed by atoms with Crippen molar-refractivity contribution in [2.24, 2.45) is 0 Å². The van der Waals surface area contributed by atoms with Gasteiger partial charge in [-0.05, 0) is 43.3 Å². The first kappa shape index (κ1) is 20.1. The average Bonchev–Trinajstić information content (AvgIpc) is 3.06. The van der Waals surface area contributed by atoms with Crippen LogP contribution in [0.1, 0.15) is 18.2 Å². The summed E-state index contributed by atoms with van der Waals surface area (Å²) in [7, 11) is 0. The summed E-state index contributed by atoms with van der Waals surface area (Å²) in [6, 6.07) is 32.2. The molecular formula is C24H22IrN3-. The zero-order valence-corrected chi connectivity index (χ0v) is 18.4. The molecule has 0 aliphatic carbocycles. The van der Waals surface area contributed by atoms with Gasteiger partial charge in [-0.15, -0.1) is 6.07 Å². The van der Waals surface area contributed by atoms with E-state index in [1.807, 2.05) is 41.1 Å². The molecule has 1 aromatic heterocycles. The van der Waals surface area contributed by atoms with Crippen LogP contribution in [-0.2, 0) is 26.5 Å². The molecular weight excluding hydrogens is 523 g/mol. The molecule has 4 aromatic rings. The fourth-order valence-electron chi connectivity index (χ4n) is 3.42. The quantitative estimate of drug-likeness (QED) is 0.287. The van der Waals surface area contributed by atoms with Gasteiger partial charge in [0.1, 0.15) is 5.82 Å². The van der Waals surface area contributed by atoms with Gasteiger partial charge in [-0.1, -0.05) is 43.3 Å². The Balaban J connectivity index is 0.00000225. The van der Waals surface area contributed by atoms with E-state index in [0.29, 0.717) is 0 Å². The van der Waals surface area contributed by atoms with Crippen molar-refractivity contribution in [2.75, 3.05) is 4.90 Å². The van der Waals surface area contributed by atoms with Crippen LogP contribution in [0.3, 0.4) is 0 Å². The van der Waals surface area contributed by atoms with Crippen molar-refractivity contribution in [2.45, 2.75) is 20.3 Å². The molecule has 0 aliphatic rings. The van der Waals surface area contributed by atoms with E-state index >= 15 is 0 Å². The number of hydrogen-bond donors (Lipinski definition) is 0. The van der Waals surface area contributed by atoms with Crippen molar-refractivity contribution in [1.82, 2.24) is 9.78 Å². The predicted molar refractivity (Wildman–Crippen MR) is 111 cm³/mol. The summed E-state index contributed by atoms with van der Waals surface area (Å²) in [5.41, 5.74) is 5.43. The van der Waals surface area contributed by atoms with Crippen LogP contribution in [0.4, 0.5) is 17.2 Å². The molecule has 0 saturated carbocycles. The van der Waals surface area contributed by atoms with Crippen LogP contribution in [0.5, 0.6) is 0 Å². The summed E-state index contributed by atoms with van der Waals surface area (Å²) >= 11 is 0. The van der Waals surface area contributed by atoms with Gasteiger partial charge in [-0.2, -0.15) is 29.4 Å². The van der Waals surface area contributed by atoms with E-state index < -0.39 is 0 Å². The third kappa shape index (κ3) is 3.80. The van der Waals surface area contributed by atoms with Crippen molar-refractivity contribution in [3.8, 4) is 5.69 Å². The van der Waals surface area contributed by atoms with Gasteiger partial charge in [0.15, 0.2) is 0 Å². The smallest absolute Gasteiger partial charge is 0.142 e. The molecule has 1 heterocycles. The number of aryl methyl sites for hydroxylation is 1. The van der Waals surface area contributed by atoms with Gasteiger partial charge < -0.3 is 0 Å². The number of rotatable bonds is 5. The van der Waals surface area contributed by atoms with E-state index in [-0.39, 0.29) is 20.1 Å². The topological polar surface area (TPSA) is 21.1 Å². The molecule has 4 heteroatoms. The van der Waals surface area contributed by atoms with E-state index in [2.05, 4.69) is 73.3 Å². The van der Waals surface area contributed by atoms with Crippen LogP contribution in [0.2, 0.25) is 0 Å². The molecule has 0 aliphatic heterocycles. The monoisotopic (exact) mass is 545 g/mol. The van der Waals surface area contributed by atoms with Crippen LogP contribution < -0.4 is 4.90 Å². The molecule has 0 unspecified atom stereocenters. The maximum atomic E-state index is 4.87. The Morgan fingerprint density at radius 2 is 1.43 bits per heavy atom. The van der Waals surface area contributed by atoms with Gasteiger partial charge in [0.05, 0.1) is 5.69 Å². The molecule has 0 saturated heterocycles. The van der Waals surface area contributed by atoms with Crippen LogP contribution in [0.15, 0.2) is 84.9 Å². The van der Waals surface area contributed by atoms with Gasteiger partial charge in [-0.3, -0.25) is 4.90 Å². The first-order valence-electron chi connectivity index (χ1n) is 9.25. The Morgan fingerprint density at radius 1 is 0.857 bits per heavy atom. The molecule has 1 radical (unpaired) electrons. The van der Waals surface area contributed by atoms with Crippen molar-refractivity contribution in [3.05, 3.63) is 102 Å². The Bertz CT molecular complexity index is 972. The third-order valence-electron chi connectivity index (χ3n) is 4.67. The minimum Gasteiger partial charge on any atom is -0.295 e. The van der Waals surface area contributed by atoms with E-state index in [4.69, 9.17) is 5.10 Å². The zero-order valence-electron chi connectivity index (χ0n) is 16.0. The SMILES string of the molecule is CCc1c(C)nn(-c2[c-]cccc2)c1N(c1ccccc1)c1ccccc1.[Ir]. The van der Waals surface area contributed by atoms with Crippen LogP contribution in [-0.4, -0.2) is 9.78 Å². The largest absolute Gasteiger partial charge is 0.295 e. The van der Waals surface area contributed by atoms with Crippen LogP contribution >= 0.6 is 0 Å². The second-order valence-corrected chi connectivity index (χ2v) is 6.41. The van der Waals surface area contributed by atoms with E-state index in [0.717, 1.165) is 35.0 Å². The Labute approximate surface area is 180 Å². The molecule has 28 heavy (non-hydrogen) atoms. The summed E-state index contributed by atoms with van der Waals surface area (Å²) in [5.74, 6) is 1.06.